The average Bonchev–Trinajstić information content (AvgIpc) is 2.48. The Balaban J connectivity index is 2.13. The minimum atomic E-state index is 0.475. The fourth-order valence-electron chi connectivity index (χ4n) is 1.89. The highest BCUT2D eigenvalue weighted by Gasteiger charge is 2.28. The highest BCUT2D eigenvalue weighted by atomic mass is 15.2. The Bertz CT molecular complexity index is 279. The zero-order chi connectivity index (χ0) is 9.31. The molecule has 1 aliphatic rings. The van der Waals surface area contributed by atoms with E-state index in [9.17, 15) is 0 Å². The molecule has 1 aromatic heterocycles. The van der Waals surface area contributed by atoms with E-state index >= 15 is 0 Å². The summed E-state index contributed by atoms with van der Waals surface area (Å²) in [4.78, 5) is 6.46. The quantitative estimate of drug-likeness (QED) is 0.652. The minimum Gasteiger partial charge on any atom is -0.371 e. The lowest BCUT2D eigenvalue weighted by atomic mass is 9.93. The van der Waals surface area contributed by atoms with Crippen molar-refractivity contribution in [3.8, 4) is 0 Å². The Morgan fingerprint density at radius 1 is 1.31 bits per heavy atom. The molecule has 0 N–H and O–H groups in total. The van der Waals surface area contributed by atoms with E-state index in [1.807, 2.05) is 12.4 Å². The lowest BCUT2D eigenvalue weighted by Gasteiger charge is -2.21. The first-order valence-corrected chi connectivity index (χ1v) is 4.82. The Hall–Kier alpha value is -1.05. The number of anilines is 1. The predicted octanol–water partition coefficient (Wildman–Crippen LogP) is 2.32. The molecule has 0 aromatic carbocycles. The molecule has 0 aliphatic carbocycles. The zero-order valence-corrected chi connectivity index (χ0v) is 8.33. The highest BCUT2D eigenvalue weighted by Crippen LogP contribution is 2.31. The van der Waals surface area contributed by atoms with Gasteiger partial charge in [-0.1, -0.05) is 13.8 Å². The van der Waals surface area contributed by atoms with Gasteiger partial charge in [0.2, 0.25) is 0 Å². The molecule has 2 heteroatoms. The van der Waals surface area contributed by atoms with E-state index in [0.717, 1.165) is 6.54 Å². The van der Waals surface area contributed by atoms with Crippen molar-refractivity contribution < 1.29 is 0 Å². The van der Waals surface area contributed by atoms with Gasteiger partial charge in [-0.15, -0.1) is 0 Å². The summed E-state index contributed by atoms with van der Waals surface area (Å²) in [5, 5.41) is 0. The molecule has 0 saturated carbocycles. The van der Waals surface area contributed by atoms with Gasteiger partial charge >= 0.3 is 0 Å². The topological polar surface area (TPSA) is 16.1 Å². The second-order valence-corrected chi connectivity index (χ2v) is 4.54. The van der Waals surface area contributed by atoms with Crippen molar-refractivity contribution in [3.05, 3.63) is 24.5 Å². The summed E-state index contributed by atoms with van der Waals surface area (Å²) in [7, 11) is 0. The van der Waals surface area contributed by atoms with Gasteiger partial charge in [-0.05, 0) is 24.0 Å². The van der Waals surface area contributed by atoms with Crippen molar-refractivity contribution in [1.29, 1.82) is 0 Å². The fourth-order valence-corrected chi connectivity index (χ4v) is 1.89. The minimum absolute atomic E-state index is 0.475. The number of aromatic nitrogens is 1. The fraction of sp³-hybridized carbons (Fsp3) is 0.545. The van der Waals surface area contributed by atoms with Gasteiger partial charge in [-0.3, -0.25) is 4.98 Å². The Morgan fingerprint density at radius 2 is 2.00 bits per heavy atom. The SMILES string of the molecule is CC1(C)CCN(c2ccncc2)C1. The Kier molecular flexibility index (Phi) is 1.98. The number of hydrogen-bond donors (Lipinski definition) is 0. The third-order valence-electron chi connectivity index (χ3n) is 2.71. The average molecular weight is 176 g/mol. The van der Waals surface area contributed by atoms with Gasteiger partial charge in [-0.2, -0.15) is 0 Å². The van der Waals surface area contributed by atoms with Crippen molar-refractivity contribution in [2.75, 3.05) is 18.0 Å². The molecule has 2 heterocycles. The monoisotopic (exact) mass is 176 g/mol. The first-order chi connectivity index (χ1) is 6.17. The van der Waals surface area contributed by atoms with Crippen LogP contribution in [0.15, 0.2) is 24.5 Å². The maximum absolute atomic E-state index is 4.03. The van der Waals surface area contributed by atoms with E-state index in [-0.39, 0.29) is 0 Å². The van der Waals surface area contributed by atoms with Crippen LogP contribution in [0.3, 0.4) is 0 Å². The highest BCUT2D eigenvalue weighted by molar-refractivity contribution is 5.45. The zero-order valence-electron chi connectivity index (χ0n) is 8.33. The van der Waals surface area contributed by atoms with Gasteiger partial charge < -0.3 is 4.90 Å². The molecule has 2 nitrogen and oxygen atoms in total. The Morgan fingerprint density at radius 3 is 2.54 bits per heavy atom. The van der Waals surface area contributed by atoms with Crippen LogP contribution >= 0.6 is 0 Å². The molecule has 13 heavy (non-hydrogen) atoms. The predicted molar refractivity (Wildman–Crippen MR) is 54.8 cm³/mol. The Labute approximate surface area is 79.6 Å². The first-order valence-electron chi connectivity index (χ1n) is 4.82. The van der Waals surface area contributed by atoms with Crippen LogP contribution in [0, 0.1) is 5.41 Å². The van der Waals surface area contributed by atoms with E-state index in [2.05, 4.69) is 35.9 Å². The van der Waals surface area contributed by atoms with Crippen molar-refractivity contribution >= 4 is 5.69 Å². The van der Waals surface area contributed by atoms with Crippen LogP contribution in [0.5, 0.6) is 0 Å². The molecule has 0 unspecified atom stereocenters. The molecule has 2 rings (SSSR count). The van der Waals surface area contributed by atoms with Crippen molar-refractivity contribution in [2.24, 2.45) is 5.41 Å². The molecular weight excluding hydrogens is 160 g/mol. The second-order valence-electron chi connectivity index (χ2n) is 4.54. The van der Waals surface area contributed by atoms with Gasteiger partial charge in [0, 0.05) is 31.2 Å². The van der Waals surface area contributed by atoms with Crippen LogP contribution < -0.4 is 4.90 Å². The lowest BCUT2D eigenvalue weighted by molar-refractivity contribution is 0.418. The standard InChI is InChI=1S/C11H16N2/c1-11(2)5-8-13(9-11)10-3-6-12-7-4-10/h3-4,6-7H,5,8-9H2,1-2H3. The molecular formula is C11H16N2. The number of nitrogens with zero attached hydrogens (tertiary/aromatic N) is 2. The molecule has 0 bridgehead atoms. The molecule has 0 radical (unpaired) electrons. The molecule has 0 spiro atoms. The molecule has 0 amide bonds. The molecule has 1 aromatic rings. The molecule has 70 valence electrons. The molecule has 1 aliphatic heterocycles. The summed E-state index contributed by atoms with van der Waals surface area (Å²) in [5.74, 6) is 0. The van der Waals surface area contributed by atoms with Gasteiger partial charge in [0.15, 0.2) is 0 Å². The summed E-state index contributed by atoms with van der Waals surface area (Å²) in [5.41, 5.74) is 1.78. The largest absolute Gasteiger partial charge is 0.371 e. The maximum atomic E-state index is 4.03. The van der Waals surface area contributed by atoms with Gasteiger partial charge in [0.05, 0.1) is 0 Å². The summed E-state index contributed by atoms with van der Waals surface area (Å²) in [6, 6.07) is 4.17. The molecule has 1 saturated heterocycles. The van der Waals surface area contributed by atoms with Crippen LogP contribution in [-0.2, 0) is 0 Å². The number of pyridine rings is 1. The van der Waals surface area contributed by atoms with Crippen molar-refractivity contribution in [1.82, 2.24) is 4.98 Å². The van der Waals surface area contributed by atoms with Crippen LogP contribution in [0.1, 0.15) is 20.3 Å². The van der Waals surface area contributed by atoms with Crippen LogP contribution in [0.2, 0.25) is 0 Å². The van der Waals surface area contributed by atoms with Crippen LogP contribution in [0.25, 0.3) is 0 Å². The third-order valence-corrected chi connectivity index (χ3v) is 2.71. The van der Waals surface area contributed by atoms with E-state index < -0.39 is 0 Å². The summed E-state index contributed by atoms with van der Waals surface area (Å²) in [6.07, 6.45) is 5.01. The van der Waals surface area contributed by atoms with Crippen molar-refractivity contribution in [3.63, 3.8) is 0 Å². The van der Waals surface area contributed by atoms with E-state index in [0.29, 0.717) is 5.41 Å². The van der Waals surface area contributed by atoms with Gasteiger partial charge in [0.25, 0.3) is 0 Å². The van der Waals surface area contributed by atoms with E-state index in [4.69, 9.17) is 0 Å². The summed E-state index contributed by atoms with van der Waals surface area (Å²) < 4.78 is 0. The van der Waals surface area contributed by atoms with Crippen LogP contribution in [0.4, 0.5) is 5.69 Å². The van der Waals surface area contributed by atoms with E-state index in [1.165, 1.54) is 18.7 Å². The van der Waals surface area contributed by atoms with E-state index in [1.54, 1.807) is 0 Å². The smallest absolute Gasteiger partial charge is 0.0397 e. The number of hydrogen-bond acceptors (Lipinski definition) is 2. The first kappa shape index (κ1) is 8.54. The summed E-state index contributed by atoms with van der Waals surface area (Å²) >= 11 is 0. The third kappa shape index (κ3) is 1.82. The van der Waals surface area contributed by atoms with Gasteiger partial charge in [0.1, 0.15) is 0 Å². The lowest BCUT2D eigenvalue weighted by Crippen LogP contribution is -2.22. The maximum Gasteiger partial charge on any atom is 0.0397 e. The van der Waals surface area contributed by atoms with Crippen LogP contribution in [-0.4, -0.2) is 18.1 Å². The molecule has 0 atom stereocenters. The van der Waals surface area contributed by atoms with Gasteiger partial charge in [-0.25, -0.2) is 0 Å². The molecule has 1 fully saturated rings. The normalized spacial score (nSPS) is 20.6. The number of rotatable bonds is 1. The van der Waals surface area contributed by atoms with Crippen molar-refractivity contribution in [2.45, 2.75) is 20.3 Å². The summed E-state index contributed by atoms with van der Waals surface area (Å²) in [6.45, 7) is 7.00. The second kappa shape index (κ2) is 3.02.